The molecule has 0 fully saturated rings. The number of rotatable bonds is 5. The van der Waals surface area contributed by atoms with E-state index in [2.05, 4.69) is 0 Å². The van der Waals surface area contributed by atoms with E-state index in [0.29, 0.717) is 5.75 Å². The fraction of sp³-hybridized carbons (Fsp3) is 0.364. The predicted octanol–water partition coefficient (Wildman–Crippen LogP) is 2.14. The zero-order valence-corrected chi connectivity index (χ0v) is 9.63. The van der Waals surface area contributed by atoms with Crippen molar-refractivity contribution in [3.8, 4) is 0 Å². The molecule has 0 amide bonds. The molecule has 0 spiro atoms. The van der Waals surface area contributed by atoms with Gasteiger partial charge in [-0.15, -0.1) is 0 Å². The van der Waals surface area contributed by atoms with Crippen molar-refractivity contribution in [2.45, 2.75) is 17.9 Å². The van der Waals surface area contributed by atoms with E-state index < -0.39 is 11.8 Å². The van der Waals surface area contributed by atoms with E-state index in [1.165, 1.54) is 17.8 Å². The molecule has 0 aliphatic heterocycles. The van der Waals surface area contributed by atoms with Gasteiger partial charge in [-0.1, -0.05) is 13.0 Å². The summed E-state index contributed by atoms with van der Waals surface area (Å²) in [5, 5.41) is 17.6. The van der Waals surface area contributed by atoms with Crippen LogP contribution >= 0.6 is 11.8 Å². The number of aliphatic hydroxyl groups excluding tert-OH is 1. The highest BCUT2D eigenvalue weighted by molar-refractivity contribution is 7.99. The van der Waals surface area contributed by atoms with Crippen LogP contribution < -0.4 is 0 Å². The summed E-state index contributed by atoms with van der Waals surface area (Å²) in [6.45, 7) is 1.93. The quantitative estimate of drug-likeness (QED) is 0.833. The summed E-state index contributed by atoms with van der Waals surface area (Å²) < 4.78 is 13.1. The van der Waals surface area contributed by atoms with Crippen molar-refractivity contribution >= 4 is 17.7 Å². The first-order valence-electron chi connectivity index (χ1n) is 4.78. The van der Waals surface area contributed by atoms with E-state index in [9.17, 15) is 9.18 Å². The van der Waals surface area contributed by atoms with Crippen molar-refractivity contribution < 1.29 is 19.4 Å². The van der Waals surface area contributed by atoms with Crippen molar-refractivity contribution in [3.63, 3.8) is 0 Å². The molecule has 16 heavy (non-hydrogen) atoms. The van der Waals surface area contributed by atoms with E-state index in [1.807, 2.05) is 6.92 Å². The topological polar surface area (TPSA) is 57.5 Å². The highest BCUT2D eigenvalue weighted by Gasteiger charge is 2.11. The van der Waals surface area contributed by atoms with Gasteiger partial charge in [-0.3, -0.25) is 0 Å². The largest absolute Gasteiger partial charge is 0.478 e. The van der Waals surface area contributed by atoms with Crippen molar-refractivity contribution in [3.05, 3.63) is 35.1 Å². The summed E-state index contributed by atoms with van der Waals surface area (Å²) in [5.41, 5.74) is 0.429. The molecule has 0 saturated carbocycles. The summed E-state index contributed by atoms with van der Waals surface area (Å²) in [6.07, 6.45) is 0. The normalized spacial score (nSPS) is 12.4. The average Bonchev–Trinajstić information content (AvgIpc) is 2.27. The third-order valence-electron chi connectivity index (χ3n) is 2.05. The minimum absolute atomic E-state index is 0.0671. The molecule has 88 valence electrons. The zero-order chi connectivity index (χ0) is 12.1. The summed E-state index contributed by atoms with van der Waals surface area (Å²) in [5.74, 6) is -1.43. The second-order valence-corrected chi connectivity index (χ2v) is 4.85. The lowest BCUT2D eigenvalue weighted by molar-refractivity contribution is 0.0692. The average molecular weight is 244 g/mol. The van der Waals surface area contributed by atoms with Gasteiger partial charge in [0.2, 0.25) is 0 Å². The molecule has 1 aromatic carbocycles. The Morgan fingerprint density at radius 3 is 2.81 bits per heavy atom. The third kappa shape index (κ3) is 3.50. The van der Waals surface area contributed by atoms with Crippen LogP contribution in [-0.2, 0) is 5.75 Å². The fourth-order valence-corrected chi connectivity index (χ4v) is 1.88. The number of hydrogen-bond donors (Lipinski definition) is 2. The smallest absolute Gasteiger partial charge is 0.338 e. The number of benzene rings is 1. The van der Waals surface area contributed by atoms with Crippen LogP contribution in [0.2, 0.25) is 0 Å². The summed E-state index contributed by atoms with van der Waals surface area (Å²) in [6, 6.07) is 4.04. The Bertz CT molecular complexity index is 381. The van der Waals surface area contributed by atoms with Gasteiger partial charge in [0.25, 0.3) is 0 Å². The molecule has 5 heteroatoms. The van der Waals surface area contributed by atoms with Crippen LogP contribution in [0, 0.1) is 5.82 Å². The molecular weight excluding hydrogens is 231 g/mol. The molecule has 0 heterocycles. The van der Waals surface area contributed by atoms with Crippen molar-refractivity contribution in [1.29, 1.82) is 0 Å². The summed E-state index contributed by atoms with van der Waals surface area (Å²) in [7, 11) is 0. The van der Waals surface area contributed by atoms with Crippen LogP contribution in [0.25, 0.3) is 0 Å². The Hall–Kier alpha value is -1.07. The standard InChI is InChI=1S/C11H13FO3S/c1-7(5-13)16-6-8-2-3-10(12)9(4-8)11(14)15/h2-4,7,13H,5-6H2,1H3,(H,14,15). The van der Waals surface area contributed by atoms with Crippen LogP contribution in [0.1, 0.15) is 22.8 Å². The van der Waals surface area contributed by atoms with Gasteiger partial charge in [-0.05, 0) is 17.7 Å². The first-order chi connectivity index (χ1) is 7.54. The maximum atomic E-state index is 13.1. The number of carboxylic acid groups (broad SMARTS) is 1. The molecule has 0 bridgehead atoms. The highest BCUT2D eigenvalue weighted by Crippen LogP contribution is 2.19. The number of hydrogen-bond acceptors (Lipinski definition) is 3. The third-order valence-corrected chi connectivity index (χ3v) is 3.27. The summed E-state index contributed by atoms with van der Waals surface area (Å²) in [4.78, 5) is 10.7. The highest BCUT2D eigenvalue weighted by atomic mass is 32.2. The number of aliphatic hydroxyl groups is 1. The lowest BCUT2D eigenvalue weighted by Crippen LogP contribution is -2.04. The SMILES string of the molecule is CC(CO)SCc1ccc(F)c(C(=O)O)c1. The van der Waals surface area contributed by atoms with Gasteiger partial charge in [-0.2, -0.15) is 11.8 Å². The molecule has 0 radical (unpaired) electrons. The van der Waals surface area contributed by atoms with Gasteiger partial charge in [0.1, 0.15) is 5.82 Å². The van der Waals surface area contributed by atoms with E-state index in [4.69, 9.17) is 10.2 Å². The van der Waals surface area contributed by atoms with Crippen molar-refractivity contribution in [2.75, 3.05) is 6.61 Å². The van der Waals surface area contributed by atoms with Crippen LogP contribution in [0.4, 0.5) is 4.39 Å². The lowest BCUT2D eigenvalue weighted by Gasteiger charge is -2.08. The Morgan fingerprint density at radius 1 is 1.56 bits per heavy atom. The Morgan fingerprint density at radius 2 is 2.25 bits per heavy atom. The van der Waals surface area contributed by atoms with Gasteiger partial charge in [0.15, 0.2) is 0 Å². The molecule has 1 unspecified atom stereocenters. The first kappa shape index (κ1) is 13.0. The molecule has 0 aliphatic rings. The molecule has 1 aromatic rings. The van der Waals surface area contributed by atoms with E-state index in [1.54, 1.807) is 6.07 Å². The van der Waals surface area contributed by atoms with Crippen LogP contribution in [0.3, 0.4) is 0 Å². The Kier molecular flexibility index (Phi) is 4.76. The Balaban J connectivity index is 2.75. The first-order valence-corrected chi connectivity index (χ1v) is 5.83. The van der Waals surface area contributed by atoms with E-state index in [0.717, 1.165) is 11.6 Å². The molecule has 3 nitrogen and oxygen atoms in total. The number of carbonyl (C=O) groups is 1. The van der Waals surface area contributed by atoms with Crippen molar-refractivity contribution in [1.82, 2.24) is 0 Å². The maximum absolute atomic E-state index is 13.1. The number of carboxylic acids is 1. The van der Waals surface area contributed by atoms with Gasteiger partial charge >= 0.3 is 5.97 Å². The van der Waals surface area contributed by atoms with Gasteiger partial charge in [0, 0.05) is 11.0 Å². The predicted molar refractivity (Wildman–Crippen MR) is 61.2 cm³/mol. The van der Waals surface area contributed by atoms with Crippen LogP contribution in [0.5, 0.6) is 0 Å². The minimum Gasteiger partial charge on any atom is -0.478 e. The second kappa shape index (κ2) is 5.86. The van der Waals surface area contributed by atoms with Gasteiger partial charge in [0.05, 0.1) is 12.2 Å². The molecular formula is C11H13FO3S. The number of aromatic carboxylic acids is 1. The van der Waals surface area contributed by atoms with Crippen LogP contribution in [0.15, 0.2) is 18.2 Å². The number of thioether (sulfide) groups is 1. The van der Waals surface area contributed by atoms with Gasteiger partial charge in [-0.25, -0.2) is 9.18 Å². The fourth-order valence-electron chi connectivity index (χ4n) is 1.12. The molecule has 0 saturated heterocycles. The monoisotopic (exact) mass is 244 g/mol. The van der Waals surface area contributed by atoms with Crippen molar-refractivity contribution in [2.24, 2.45) is 0 Å². The van der Waals surface area contributed by atoms with Crippen LogP contribution in [-0.4, -0.2) is 28.0 Å². The summed E-state index contributed by atoms with van der Waals surface area (Å²) >= 11 is 1.49. The molecule has 1 atom stereocenters. The molecule has 2 N–H and O–H groups in total. The minimum atomic E-state index is -1.26. The lowest BCUT2D eigenvalue weighted by atomic mass is 10.1. The van der Waals surface area contributed by atoms with E-state index >= 15 is 0 Å². The van der Waals surface area contributed by atoms with E-state index in [-0.39, 0.29) is 17.4 Å². The maximum Gasteiger partial charge on any atom is 0.338 e. The zero-order valence-electron chi connectivity index (χ0n) is 8.81. The molecule has 1 rings (SSSR count). The molecule has 0 aliphatic carbocycles. The number of halogens is 1. The second-order valence-electron chi connectivity index (χ2n) is 3.42. The van der Waals surface area contributed by atoms with Gasteiger partial charge < -0.3 is 10.2 Å². The Labute approximate surface area is 97.3 Å². The molecule has 0 aromatic heterocycles.